The third-order valence-corrected chi connectivity index (χ3v) is 4.55. The summed E-state index contributed by atoms with van der Waals surface area (Å²) in [6.07, 6.45) is 6.06. The molecule has 0 aliphatic carbocycles. The maximum absolute atomic E-state index is 12.4. The van der Waals surface area contributed by atoms with Crippen LogP contribution in [-0.4, -0.2) is 44.2 Å². The predicted octanol–water partition coefficient (Wildman–Crippen LogP) is 1.10. The Morgan fingerprint density at radius 3 is 2.48 bits per heavy atom. The second-order valence-electron chi connectivity index (χ2n) is 6.08. The predicted molar refractivity (Wildman–Crippen MR) is 86.8 cm³/mol. The Morgan fingerprint density at radius 1 is 1.17 bits per heavy atom. The molecule has 2 aliphatic rings. The van der Waals surface area contributed by atoms with Crippen molar-refractivity contribution in [3.63, 3.8) is 0 Å². The van der Waals surface area contributed by atoms with Crippen LogP contribution in [0.5, 0.6) is 0 Å². The van der Waals surface area contributed by atoms with E-state index in [0.717, 1.165) is 18.5 Å². The molecule has 1 aromatic carbocycles. The van der Waals surface area contributed by atoms with Gasteiger partial charge < -0.3 is 10.6 Å². The van der Waals surface area contributed by atoms with Gasteiger partial charge in [-0.1, -0.05) is 0 Å². The molecule has 122 valence electrons. The number of benzene rings is 1. The Bertz CT molecular complexity index is 647. The minimum Gasteiger partial charge on any atom is -0.349 e. The topological polar surface area (TPSA) is 84.7 Å². The molecule has 0 radical (unpaired) electrons. The van der Waals surface area contributed by atoms with Gasteiger partial charge in [-0.3, -0.25) is 4.79 Å². The van der Waals surface area contributed by atoms with Crippen LogP contribution in [0.3, 0.4) is 0 Å². The number of piperidine rings is 1. The number of amides is 1. The molecule has 3 heterocycles. The molecule has 1 aromatic heterocycles. The summed E-state index contributed by atoms with van der Waals surface area (Å²) in [6, 6.07) is 8.74. The first kappa shape index (κ1) is 15.9. The molecule has 2 fully saturated rings. The Morgan fingerprint density at radius 2 is 1.87 bits per heavy atom. The summed E-state index contributed by atoms with van der Waals surface area (Å²) in [5.41, 5.74) is 1.50. The third kappa shape index (κ3) is 3.35. The van der Waals surface area contributed by atoms with Gasteiger partial charge in [-0.05, 0) is 60.4 Å². The molecule has 8 heteroatoms. The normalized spacial score (nSPS) is 25.7. The van der Waals surface area contributed by atoms with Gasteiger partial charge in [-0.2, -0.15) is 0 Å². The van der Waals surface area contributed by atoms with E-state index in [4.69, 9.17) is 0 Å². The number of aromatic nitrogens is 4. The Hall–Kier alpha value is -1.99. The number of tetrazole rings is 1. The van der Waals surface area contributed by atoms with Crippen molar-refractivity contribution in [3.05, 3.63) is 36.2 Å². The molecule has 0 saturated carbocycles. The van der Waals surface area contributed by atoms with Gasteiger partial charge in [0.2, 0.25) is 0 Å². The number of rotatable bonds is 3. The van der Waals surface area contributed by atoms with E-state index in [1.807, 2.05) is 24.3 Å². The summed E-state index contributed by atoms with van der Waals surface area (Å²) in [5.74, 6) is -0.00503. The summed E-state index contributed by atoms with van der Waals surface area (Å²) in [6.45, 7) is 0. The summed E-state index contributed by atoms with van der Waals surface area (Å²) in [7, 11) is 0. The number of carbonyl (C=O) groups is 1. The molecule has 2 atom stereocenters. The molecule has 2 aromatic rings. The van der Waals surface area contributed by atoms with E-state index in [1.54, 1.807) is 4.68 Å². The van der Waals surface area contributed by atoms with E-state index in [9.17, 15) is 4.79 Å². The van der Waals surface area contributed by atoms with Crippen molar-refractivity contribution in [1.29, 1.82) is 0 Å². The number of nitrogens with zero attached hydrogens (tertiary/aromatic N) is 4. The Balaban J connectivity index is 0.00000156. The van der Waals surface area contributed by atoms with Crippen LogP contribution in [0, 0.1) is 0 Å². The van der Waals surface area contributed by atoms with E-state index < -0.39 is 0 Å². The fourth-order valence-corrected chi connectivity index (χ4v) is 3.49. The van der Waals surface area contributed by atoms with Crippen molar-refractivity contribution in [3.8, 4) is 5.69 Å². The quantitative estimate of drug-likeness (QED) is 0.878. The molecule has 1 amide bonds. The zero-order valence-corrected chi connectivity index (χ0v) is 13.4. The number of hydrogen-bond acceptors (Lipinski definition) is 5. The largest absolute Gasteiger partial charge is 0.349 e. The molecule has 2 saturated heterocycles. The number of hydrogen-bond donors (Lipinski definition) is 2. The molecule has 2 unspecified atom stereocenters. The highest BCUT2D eigenvalue weighted by molar-refractivity contribution is 5.94. The van der Waals surface area contributed by atoms with Gasteiger partial charge >= 0.3 is 0 Å². The van der Waals surface area contributed by atoms with Gasteiger partial charge in [0.25, 0.3) is 5.91 Å². The van der Waals surface area contributed by atoms with Crippen molar-refractivity contribution >= 4 is 18.3 Å². The van der Waals surface area contributed by atoms with E-state index >= 15 is 0 Å². The number of nitrogens with one attached hydrogen (secondary N) is 2. The van der Waals surface area contributed by atoms with Gasteiger partial charge in [-0.15, -0.1) is 17.5 Å². The van der Waals surface area contributed by atoms with E-state index in [1.165, 1.54) is 19.2 Å². The van der Waals surface area contributed by atoms with Crippen LogP contribution < -0.4 is 10.6 Å². The Kier molecular flexibility index (Phi) is 4.58. The smallest absolute Gasteiger partial charge is 0.251 e. The molecule has 2 bridgehead atoms. The van der Waals surface area contributed by atoms with Crippen molar-refractivity contribution < 1.29 is 4.79 Å². The van der Waals surface area contributed by atoms with Crippen molar-refractivity contribution in [1.82, 2.24) is 30.8 Å². The second-order valence-corrected chi connectivity index (χ2v) is 6.08. The molecule has 7 nitrogen and oxygen atoms in total. The lowest BCUT2D eigenvalue weighted by Crippen LogP contribution is -2.48. The summed E-state index contributed by atoms with van der Waals surface area (Å²) in [5, 5.41) is 17.8. The average Bonchev–Trinajstić information content (AvgIpc) is 3.17. The van der Waals surface area contributed by atoms with Crippen LogP contribution in [0.15, 0.2) is 30.6 Å². The molecule has 4 rings (SSSR count). The van der Waals surface area contributed by atoms with Crippen LogP contribution >= 0.6 is 12.4 Å². The maximum atomic E-state index is 12.4. The van der Waals surface area contributed by atoms with Crippen LogP contribution in [-0.2, 0) is 0 Å². The average molecular weight is 335 g/mol. The van der Waals surface area contributed by atoms with Gasteiger partial charge in [0.1, 0.15) is 6.33 Å². The molecule has 0 spiro atoms. The highest BCUT2D eigenvalue weighted by Gasteiger charge is 2.34. The molecular formula is C15H19ClN6O. The lowest BCUT2D eigenvalue weighted by molar-refractivity contribution is 0.0924. The molecule has 2 N–H and O–H groups in total. The fourth-order valence-electron chi connectivity index (χ4n) is 3.49. The van der Waals surface area contributed by atoms with Gasteiger partial charge in [0, 0.05) is 23.7 Å². The zero-order chi connectivity index (χ0) is 14.9. The SMILES string of the molecule is Cl.O=C(NC1CC2CCC(C1)N2)c1ccc(-n2cnnn2)cc1. The van der Waals surface area contributed by atoms with Crippen LogP contribution in [0.25, 0.3) is 5.69 Å². The first-order valence-corrected chi connectivity index (χ1v) is 7.68. The Labute approximate surface area is 140 Å². The minimum absolute atomic E-state index is 0. The molecular weight excluding hydrogens is 316 g/mol. The van der Waals surface area contributed by atoms with E-state index in [-0.39, 0.29) is 24.4 Å². The van der Waals surface area contributed by atoms with Crippen LogP contribution in [0.4, 0.5) is 0 Å². The number of fused-ring (bicyclic) bond motifs is 2. The number of halogens is 1. The van der Waals surface area contributed by atoms with Crippen LogP contribution in [0.2, 0.25) is 0 Å². The fraction of sp³-hybridized carbons (Fsp3) is 0.467. The van der Waals surface area contributed by atoms with Crippen molar-refractivity contribution in [2.24, 2.45) is 0 Å². The standard InChI is InChI=1S/C15H18N6O.ClH/c22-15(18-13-7-11-3-4-12(8-13)17-11)10-1-5-14(6-2-10)21-9-16-19-20-21;/h1-2,5-6,9,11-13,17H,3-4,7-8H2,(H,18,22);1H. The van der Waals surface area contributed by atoms with Crippen LogP contribution in [0.1, 0.15) is 36.0 Å². The first-order valence-electron chi connectivity index (χ1n) is 7.68. The van der Waals surface area contributed by atoms with Crippen molar-refractivity contribution in [2.75, 3.05) is 0 Å². The van der Waals surface area contributed by atoms with Crippen molar-refractivity contribution in [2.45, 2.75) is 43.8 Å². The molecule has 23 heavy (non-hydrogen) atoms. The minimum atomic E-state index is -0.00503. The first-order chi connectivity index (χ1) is 10.8. The lowest BCUT2D eigenvalue weighted by Gasteiger charge is -2.29. The zero-order valence-electron chi connectivity index (χ0n) is 12.6. The highest BCUT2D eigenvalue weighted by Crippen LogP contribution is 2.26. The van der Waals surface area contributed by atoms with Gasteiger partial charge in [0.05, 0.1) is 5.69 Å². The third-order valence-electron chi connectivity index (χ3n) is 4.55. The molecule has 2 aliphatic heterocycles. The van der Waals surface area contributed by atoms with E-state index in [2.05, 4.69) is 26.2 Å². The summed E-state index contributed by atoms with van der Waals surface area (Å²) >= 11 is 0. The van der Waals surface area contributed by atoms with E-state index in [0.29, 0.717) is 17.6 Å². The lowest BCUT2D eigenvalue weighted by atomic mass is 9.99. The highest BCUT2D eigenvalue weighted by atomic mass is 35.5. The summed E-state index contributed by atoms with van der Waals surface area (Å²) in [4.78, 5) is 12.4. The van der Waals surface area contributed by atoms with Gasteiger partial charge in [0.15, 0.2) is 0 Å². The monoisotopic (exact) mass is 334 g/mol. The second kappa shape index (κ2) is 6.64. The maximum Gasteiger partial charge on any atom is 0.251 e. The van der Waals surface area contributed by atoms with Gasteiger partial charge in [-0.25, -0.2) is 4.68 Å². The summed E-state index contributed by atoms with van der Waals surface area (Å²) < 4.78 is 1.56. The number of carbonyl (C=O) groups excluding carboxylic acids is 1.